The van der Waals surface area contributed by atoms with Crippen LogP contribution in [0.1, 0.15) is 62.7 Å². The number of carbonyl (C=O) groups is 1. The molecule has 184 valence electrons. The zero-order chi connectivity index (χ0) is 24.4. The summed E-state index contributed by atoms with van der Waals surface area (Å²) in [6, 6.07) is 12.0. The van der Waals surface area contributed by atoms with Crippen LogP contribution < -0.4 is 10.1 Å². The molecule has 2 aliphatic rings. The van der Waals surface area contributed by atoms with E-state index in [9.17, 15) is 9.90 Å². The van der Waals surface area contributed by atoms with Crippen LogP contribution in [0.4, 0.5) is 11.5 Å². The van der Waals surface area contributed by atoms with Gasteiger partial charge in [-0.05, 0) is 69.7 Å². The number of pyridine rings is 1. The van der Waals surface area contributed by atoms with Crippen LogP contribution in [-0.2, 0) is 16.0 Å². The third kappa shape index (κ3) is 5.65. The maximum absolute atomic E-state index is 11.5. The minimum absolute atomic E-state index is 0.343. The number of aliphatic carboxylic acids is 1. The molecule has 0 amide bonds. The summed E-state index contributed by atoms with van der Waals surface area (Å²) in [7, 11) is 0. The van der Waals surface area contributed by atoms with E-state index in [1.807, 2.05) is 42.6 Å². The van der Waals surface area contributed by atoms with Crippen LogP contribution in [0.25, 0.3) is 0 Å². The van der Waals surface area contributed by atoms with Gasteiger partial charge in [0, 0.05) is 37.1 Å². The first-order valence-corrected chi connectivity index (χ1v) is 12.3. The molecule has 2 fully saturated rings. The van der Waals surface area contributed by atoms with Crippen molar-refractivity contribution in [2.24, 2.45) is 5.41 Å². The number of hydrogen-bond donors (Lipinski definition) is 2. The largest absolute Gasteiger partial charge is 0.481 e. The highest BCUT2D eigenvalue weighted by Crippen LogP contribution is 2.40. The van der Waals surface area contributed by atoms with Crippen molar-refractivity contribution in [3.8, 4) is 11.5 Å². The van der Waals surface area contributed by atoms with E-state index in [1.54, 1.807) is 20.0 Å². The Morgan fingerprint density at radius 2 is 2.00 bits per heavy atom. The first-order chi connectivity index (χ1) is 16.9. The van der Waals surface area contributed by atoms with Crippen LogP contribution in [0.3, 0.4) is 0 Å². The van der Waals surface area contributed by atoms with E-state index in [0.717, 1.165) is 48.7 Å². The van der Waals surface area contributed by atoms with Gasteiger partial charge in [0.1, 0.15) is 17.3 Å². The average molecular weight is 477 g/mol. The van der Waals surface area contributed by atoms with Crippen LogP contribution >= 0.6 is 0 Å². The van der Waals surface area contributed by atoms with Gasteiger partial charge < -0.3 is 19.9 Å². The molecule has 3 heterocycles. The number of carboxylic acids is 1. The molecule has 0 radical (unpaired) electrons. The summed E-state index contributed by atoms with van der Waals surface area (Å²) in [4.78, 5) is 15.9. The van der Waals surface area contributed by atoms with E-state index in [2.05, 4.69) is 15.0 Å². The van der Waals surface area contributed by atoms with Gasteiger partial charge in [-0.2, -0.15) is 5.10 Å². The standard InChI is InChI=1S/C27H32N4O4/c1-27(2,26(32)33)16-18-4-3-5-20(14-18)29-24-15-22(8-11-28-24)35-23-17-31(21-6-7-21)30-25(23)19-9-12-34-13-10-19/h3-5,8,11,14-15,17,19,21H,6-7,9-10,12-13,16H2,1-2H3,(H,28,29)(H,32,33). The number of benzene rings is 1. The molecule has 8 nitrogen and oxygen atoms in total. The normalized spacial score (nSPS) is 16.7. The molecule has 1 aliphatic carbocycles. The van der Waals surface area contributed by atoms with E-state index in [0.29, 0.717) is 29.9 Å². The van der Waals surface area contributed by atoms with Crippen molar-refractivity contribution in [3.05, 3.63) is 60.0 Å². The summed E-state index contributed by atoms with van der Waals surface area (Å²) in [6.45, 7) is 4.98. The predicted octanol–water partition coefficient (Wildman–Crippen LogP) is 5.70. The van der Waals surface area contributed by atoms with Crippen molar-refractivity contribution in [2.75, 3.05) is 18.5 Å². The maximum atomic E-state index is 11.5. The Kier molecular flexibility index (Phi) is 6.47. The first kappa shape index (κ1) is 23.4. The molecule has 0 atom stereocenters. The van der Waals surface area contributed by atoms with Crippen molar-refractivity contribution in [2.45, 2.75) is 57.9 Å². The average Bonchev–Trinajstić information content (AvgIpc) is 3.60. The van der Waals surface area contributed by atoms with Gasteiger partial charge in [0.15, 0.2) is 5.75 Å². The Balaban J connectivity index is 1.32. The fourth-order valence-electron chi connectivity index (χ4n) is 4.41. The predicted molar refractivity (Wildman–Crippen MR) is 132 cm³/mol. The Hall–Kier alpha value is -3.39. The van der Waals surface area contributed by atoms with E-state index >= 15 is 0 Å². The summed E-state index contributed by atoms with van der Waals surface area (Å²) in [5.74, 6) is 1.68. The lowest BCUT2D eigenvalue weighted by atomic mass is 9.86. The third-order valence-electron chi connectivity index (χ3n) is 6.64. The molecule has 0 bridgehead atoms. The second kappa shape index (κ2) is 9.70. The molecule has 35 heavy (non-hydrogen) atoms. The second-order valence-corrected chi connectivity index (χ2v) is 10.1. The third-order valence-corrected chi connectivity index (χ3v) is 6.64. The highest BCUT2D eigenvalue weighted by atomic mass is 16.5. The Bertz CT molecular complexity index is 1200. The van der Waals surface area contributed by atoms with Crippen molar-refractivity contribution in [1.29, 1.82) is 0 Å². The highest BCUT2D eigenvalue weighted by molar-refractivity contribution is 5.74. The van der Waals surface area contributed by atoms with E-state index in [4.69, 9.17) is 14.6 Å². The lowest BCUT2D eigenvalue weighted by Gasteiger charge is -2.21. The topological polar surface area (TPSA) is 98.5 Å². The Morgan fingerprint density at radius 3 is 2.74 bits per heavy atom. The first-order valence-electron chi connectivity index (χ1n) is 12.3. The molecule has 1 aromatic carbocycles. The molecule has 1 saturated carbocycles. The lowest BCUT2D eigenvalue weighted by molar-refractivity contribution is -0.146. The van der Waals surface area contributed by atoms with E-state index in [1.165, 1.54) is 12.8 Å². The molecule has 8 heteroatoms. The van der Waals surface area contributed by atoms with Crippen LogP contribution in [-0.4, -0.2) is 39.1 Å². The summed E-state index contributed by atoms with van der Waals surface area (Å²) in [6.07, 6.45) is 8.43. The number of nitrogens with one attached hydrogen (secondary N) is 1. The number of anilines is 2. The van der Waals surface area contributed by atoms with E-state index < -0.39 is 11.4 Å². The van der Waals surface area contributed by atoms with E-state index in [-0.39, 0.29) is 0 Å². The molecule has 5 rings (SSSR count). The van der Waals surface area contributed by atoms with Crippen LogP contribution in [0.15, 0.2) is 48.8 Å². The minimum Gasteiger partial charge on any atom is -0.481 e. The van der Waals surface area contributed by atoms with Crippen molar-refractivity contribution in [3.63, 3.8) is 0 Å². The maximum Gasteiger partial charge on any atom is 0.309 e. The molecular formula is C27H32N4O4. The van der Waals surface area contributed by atoms with Gasteiger partial charge in [-0.15, -0.1) is 0 Å². The lowest BCUT2D eigenvalue weighted by Crippen LogP contribution is -2.26. The number of hydrogen-bond acceptors (Lipinski definition) is 6. The number of aromatic nitrogens is 3. The van der Waals surface area contributed by atoms with Gasteiger partial charge in [0.25, 0.3) is 0 Å². The molecule has 2 N–H and O–H groups in total. The summed E-state index contributed by atoms with van der Waals surface area (Å²) >= 11 is 0. The second-order valence-electron chi connectivity index (χ2n) is 10.1. The zero-order valence-electron chi connectivity index (χ0n) is 20.2. The summed E-state index contributed by atoms with van der Waals surface area (Å²) in [5.41, 5.74) is 1.97. The molecule has 2 aromatic heterocycles. The van der Waals surface area contributed by atoms with Gasteiger partial charge in [-0.3, -0.25) is 9.48 Å². The molecule has 0 unspecified atom stereocenters. The molecule has 3 aromatic rings. The Morgan fingerprint density at radius 1 is 1.20 bits per heavy atom. The molecule has 0 spiro atoms. The monoisotopic (exact) mass is 476 g/mol. The number of carboxylic acid groups (broad SMARTS) is 1. The summed E-state index contributed by atoms with van der Waals surface area (Å²) < 4.78 is 14.0. The van der Waals surface area contributed by atoms with Gasteiger partial charge in [-0.25, -0.2) is 4.98 Å². The summed E-state index contributed by atoms with van der Waals surface area (Å²) in [5, 5.41) is 17.7. The zero-order valence-corrected chi connectivity index (χ0v) is 20.2. The molecule has 1 saturated heterocycles. The van der Waals surface area contributed by atoms with Gasteiger partial charge in [0.05, 0.1) is 17.7 Å². The SMILES string of the molecule is CC(C)(Cc1cccc(Nc2cc(Oc3cn(C4CC4)nc3C3CCOCC3)ccn2)c1)C(=O)O. The highest BCUT2D eigenvalue weighted by Gasteiger charge is 2.30. The number of nitrogens with zero attached hydrogens (tertiary/aromatic N) is 3. The van der Waals surface area contributed by atoms with Crippen molar-refractivity contribution >= 4 is 17.5 Å². The minimum atomic E-state index is -0.836. The van der Waals surface area contributed by atoms with Crippen molar-refractivity contribution < 1.29 is 19.4 Å². The van der Waals surface area contributed by atoms with Gasteiger partial charge in [-0.1, -0.05) is 12.1 Å². The number of rotatable bonds is 9. The smallest absolute Gasteiger partial charge is 0.309 e. The van der Waals surface area contributed by atoms with Crippen molar-refractivity contribution in [1.82, 2.24) is 14.8 Å². The fraction of sp³-hybridized carbons (Fsp3) is 0.444. The molecular weight excluding hydrogens is 444 g/mol. The van der Waals surface area contributed by atoms with Crippen LogP contribution in [0, 0.1) is 5.41 Å². The van der Waals surface area contributed by atoms with Gasteiger partial charge in [0.2, 0.25) is 0 Å². The Labute approximate surface area is 205 Å². The molecule has 1 aliphatic heterocycles. The number of ether oxygens (including phenoxy) is 2. The fourth-order valence-corrected chi connectivity index (χ4v) is 4.41. The van der Waals surface area contributed by atoms with Crippen LogP contribution in [0.2, 0.25) is 0 Å². The quantitative estimate of drug-likeness (QED) is 0.409. The van der Waals surface area contributed by atoms with Crippen LogP contribution in [0.5, 0.6) is 11.5 Å². The van der Waals surface area contributed by atoms with Gasteiger partial charge >= 0.3 is 5.97 Å².